The predicted molar refractivity (Wildman–Crippen MR) is 92.7 cm³/mol. The second-order valence-electron chi connectivity index (χ2n) is 7.25. The number of hydrogen-bond donors (Lipinski definition) is 0. The minimum atomic E-state index is 0.282. The molecule has 1 aliphatic heterocycles. The van der Waals surface area contributed by atoms with Gasteiger partial charge in [-0.25, -0.2) is 15.0 Å². The van der Waals surface area contributed by atoms with E-state index in [0.29, 0.717) is 24.3 Å². The number of hydrogen-bond acceptors (Lipinski definition) is 5. The Hall–Kier alpha value is -2.24. The van der Waals surface area contributed by atoms with E-state index in [0.717, 1.165) is 41.9 Å². The molecule has 126 valence electrons. The Morgan fingerprint density at radius 1 is 1.21 bits per heavy atom. The van der Waals surface area contributed by atoms with Gasteiger partial charge in [-0.3, -0.25) is 4.79 Å². The van der Waals surface area contributed by atoms with E-state index in [2.05, 4.69) is 26.9 Å². The van der Waals surface area contributed by atoms with E-state index in [4.69, 9.17) is 0 Å². The molecule has 0 bridgehead atoms. The first-order valence-corrected chi connectivity index (χ1v) is 8.58. The molecule has 2 aliphatic rings. The molecule has 1 aliphatic carbocycles. The summed E-state index contributed by atoms with van der Waals surface area (Å²) in [6.45, 7) is 2.87. The zero-order chi connectivity index (χ0) is 16.8. The zero-order valence-corrected chi connectivity index (χ0v) is 14.4. The van der Waals surface area contributed by atoms with Gasteiger partial charge in [0.25, 0.3) is 0 Å². The lowest BCUT2D eigenvalue weighted by Gasteiger charge is -2.31. The van der Waals surface area contributed by atoms with Crippen LogP contribution in [-0.4, -0.2) is 52.4 Å². The summed E-state index contributed by atoms with van der Waals surface area (Å²) in [5.41, 5.74) is 2.71. The second-order valence-corrected chi connectivity index (χ2v) is 7.25. The Bertz CT molecular complexity index is 792. The summed E-state index contributed by atoms with van der Waals surface area (Å²) in [5.74, 6) is 2.28. The third kappa shape index (κ3) is 2.50. The highest BCUT2D eigenvalue weighted by molar-refractivity contribution is 5.85. The first-order valence-electron chi connectivity index (χ1n) is 8.58. The average Bonchev–Trinajstić information content (AvgIpc) is 2.96. The van der Waals surface area contributed by atoms with Crippen LogP contribution in [0.5, 0.6) is 0 Å². The summed E-state index contributed by atoms with van der Waals surface area (Å²) in [4.78, 5) is 29.6. The van der Waals surface area contributed by atoms with Crippen LogP contribution in [0.4, 0.5) is 5.82 Å². The van der Waals surface area contributed by atoms with Crippen LogP contribution in [0, 0.1) is 18.8 Å². The number of aromatic nitrogens is 3. The number of rotatable bonds is 2. The number of anilines is 1. The average molecular weight is 325 g/mol. The Balaban J connectivity index is 1.62. The van der Waals surface area contributed by atoms with Gasteiger partial charge in [0.05, 0.1) is 5.52 Å². The minimum Gasteiger partial charge on any atom is -0.355 e. The highest BCUT2D eigenvalue weighted by Crippen LogP contribution is 2.41. The van der Waals surface area contributed by atoms with Crippen LogP contribution in [0.3, 0.4) is 0 Å². The summed E-state index contributed by atoms with van der Waals surface area (Å²) < 4.78 is 0. The molecule has 0 radical (unpaired) electrons. The monoisotopic (exact) mass is 325 g/mol. The molecule has 3 heterocycles. The quantitative estimate of drug-likeness (QED) is 0.845. The highest BCUT2D eigenvalue weighted by atomic mass is 16.2. The molecule has 6 nitrogen and oxygen atoms in total. The normalized spacial score (nSPS) is 26.7. The van der Waals surface area contributed by atoms with Crippen LogP contribution < -0.4 is 4.90 Å². The number of pyridine rings is 1. The summed E-state index contributed by atoms with van der Waals surface area (Å²) in [6.07, 6.45) is 4.46. The number of carbonyl (C=O) groups excluding carboxylic acids is 1. The Morgan fingerprint density at radius 3 is 2.83 bits per heavy atom. The van der Waals surface area contributed by atoms with Crippen molar-refractivity contribution >= 4 is 22.8 Å². The van der Waals surface area contributed by atoms with E-state index < -0.39 is 0 Å². The molecule has 6 heteroatoms. The van der Waals surface area contributed by atoms with Gasteiger partial charge in [0.2, 0.25) is 5.91 Å². The molecule has 2 fully saturated rings. The molecule has 3 atom stereocenters. The Labute approximate surface area is 141 Å². The van der Waals surface area contributed by atoms with Crippen LogP contribution in [-0.2, 0) is 4.79 Å². The van der Waals surface area contributed by atoms with Crippen LogP contribution in [0.1, 0.15) is 25.0 Å². The fourth-order valence-electron chi connectivity index (χ4n) is 4.26. The van der Waals surface area contributed by atoms with Crippen molar-refractivity contribution in [1.82, 2.24) is 19.9 Å². The van der Waals surface area contributed by atoms with Gasteiger partial charge in [-0.05, 0) is 43.7 Å². The molecule has 2 aromatic rings. The Morgan fingerprint density at radius 2 is 2.00 bits per heavy atom. The number of nitrogens with zero attached hydrogens (tertiary/aromatic N) is 5. The van der Waals surface area contributed by atoms with Crippen molar-refractivity contribution in [3.05, 3.63) is 24.2 Å². The number of carbonyl (C=O) groups is 1. The van der Waals surface area contributed by atoms with E-state index in [9.17, 15) is 4.79 Å². The maximum absolute atomic E-state index is 12.0. The lowest BCUT2D eigenvalue weighted by molar-refractivity contribution is -0.134. The summed E-state index contributed by atoms with van der Waals surface area (Å²) in [7, 11) is 4.01. The minimum absolute atomic E-state index is 0.282. The van der Waals surface area contributed by atoms with Crippen molar-refractivity contribution in [3.63, 3.8) is 0 Å². The lowest BCUT2D eigenvalue weighted by Crippen LogP contribution is -2.39. The van der Waals surface area contributed by atoms with Crippen LogP contribution >= 0.6 is 0 Å². The predicted octanol–water partition coefficient (Wildman–Crippen LogP) is 2.03. The molecule has 0 N–H and O–H groups in total. The van der Waals surface area contributed by atoms with Gasteiger partial charge in [-0.1, -0.05) is 0 Å². The van der Waals surface area contributed by atoms with Crippen molar-refractivity contribution in [1.29, 1.82) is 0 Å². The van der Waals surface area contributed by atoms with Gasteiger partial charge >= 0.3 is 0 Å². The zero-order valence-electron chi connectivity index (χ0n) is 14.4. The van der Waals surface area contributed by atoms with Crippen LogP contribution in [0.15, 0.2) is 18.5 Å². The molecular formula is C18H23N5O. The van der Waals surface area contributed by atoms with Crippen LogP contribution in [0.25, 0.3) is 11.0 Å². The van der Waals surface area contributed by atoms with Gasteiger partial charge in [-0.2, -0.15) is 0 Å². The van der Waals surface area contributed by atoms with Crippen molar-refractivity contribution < 1.29 is 4.79 Å². The number of likely N-dealkylation sites (tertiary alicyclic amines) is 1. The summed E-state index contributed by atoms with van der Waals surface area (Å²) in [5, 5.41) is 0. The van der Waals surface area contributed by atoms with Crippen molar-refractivity contribution in [2.75, 3.05) is 25.5 Å². The standard InChI is InChI=1S/C18H23N5O/c1-11-4-5-15-17(21-11)18(20-10-19-15)23(3)14-6-12-8-16(24)22(2)9-13(12)7-14/h4-5,10,12-14H,6-9H2,1-3H3/t12-,13+,14-/m0/s1. The van der Waals surface area contributed by atoms with Gasteiger partial charge in [0.1, 0.15) is 11.8 Å². The third-order valence-corrected chi connectivity index (χ3v) is 5.67. The summed E-state index contributed by atoms with van der Waals surface area (Å²) >= 11 is 0. The molecule has 0 aromatic carbocycles. The Kier molecular flexibility index (Phi) is 3.62. The lowest BCUT2D eigenvalue weighted by atomic mass is 9.88. The first-order chi connectivity index (χ1) is 11.5. The largest absolute Gasteiger partial charge is 0.355 e. The molecule has 1 saturated carbocycles. The molecule has 1 saturated heterocycles. The smallest absolute Gasteiger partial charge is 0.222 e. The van der Waals surface area contributed by atoms with E-state index in [1.54, 1.807) is 6.33 Å². The third-order valence-electron chi connectivity index (χ3n) is 5.67. The molecule has 0 spiro atoms. The topological polar surface area (TPSA) is 62.2 Å². The fourth-order valence-corrected chi connectivity index (χ4v) is 4.26. The molecule has 2 aromatic heterocycles. The molecule has 0 unspecified atom stereocenters. The highest BCUT2D eigenvalue weighted by Gasteiger charge is 2.41. The van der Waals surface area contributed by atoms with Crippen LogP contribution in [0.2, 0.25) is 0 Å². The first kappa shape index (κ1) is 15.3. The molecule has 24 heavy (non-hydrogen) atoms. The van der Waals surface area contributed by atoms with Gasteiger partial charge in [-0.15, -0.1) is 0 Å². The van der Waals surface area contributed by atoms with Gasteiger partial charge in [0, 0.05) is 38.8 Å². The number of amides is 1. The van der Waals surface area contributed by atoms with Crippen molar-refractivity contribution in [2.45, 2.75) is 32.2 Å². The fraction of sp³-hybridized carbons (Fsp3) is 0.556. The number of fused-ring (bicyclic) bond motifs is 2. The molecule has 1 amide bonds. The SMILES string of the molecule is Cc1ccc2ncnc(N(C)[C@H]3C[C@H]4CC(=O)N(C)C[C@H]4C3)c2n1. The maximum Gasteiger partial charge on any atom is 0.222 e. The van der Waals surface area contributed by atoms with E-state index in [1.807, 2.05) is 31.0 Å². The molecule has 4 rings (SSSR count). The van der Waals surface area contributed by atoms with E-state index in [1.165, 1.54) is 0 Å². The maximum atomic E-state index is 12.0. The van der Waals surface area contributed by atoms with E-state index in [-0.39, 0.29) is 5.91 Å². The van der Waals surface area contributed by atoms with Gasteiger partial charge in [0.15, 0.2) is 5.82 Å². The molecular weight excluding hydrogens is 302 g/mol. The summed E-state index contributed by atoms with van der Waals surface area (Å²) in [6, 6.07) is 4.38. The number of piperidine rings is 1. The van der Waals surface area contributed by atoms with Gasteiger partial charge < -0.3 is 9.80 Å². The van der Waals surface area contributed by atoms with Crippen molar-refractivity contribution in [2.24, 2.45) is 11.8 Å². The number of aryl methyl sites for hydroxylation is 1. The second kappa shape index (κ2) is 5.69. The van der Waals surface area contributed by atoms with E-state index >= 15 is 0 Å². The van der Waals surface area contributed by atoms with Crippen molar-refractivity contribution in [3.8, 4) is 0 Å².